The molecule has 2 rings (SSSR count). The molecule has 1 amide bonds. The van der Waals surface area contributed by atoms with Crippen molar-refractivity contribution in [1.82, 2.24) is 25.0 Å². The minimum Gasteiger partial charge on any atom is -0.352 e. The van der Waals surface area contributed by atoms with E-state index in [0.717, 1.165) is 26.1 Å². The molecule has 2 aromatic rings. The molecule has 0 spiro atoms. The number of carbonyl (C=O) groups is 1. The maximum Gasteiger partial charge on any atom is 0.251 e. The highest BCUT2D eigenvalue weighted by atomic mass is 16.1. The fourth-order valence-corrected chi connectivity index (χ4v) is 2.55. The molecular weight excluding hydrogens is 302 g/mol. The first-order valence-corrected chi connectivity index (χ1v) is 8.53. The van der Waals surface area contributed by atoms with Crippen LogP contribution in [0.1, 0.15) is 43.1 Å². The number of aromatic nitrogens is 3. The van der Waals surface area contributed by atoms with Crippen molar-refractivity contribution in [3.63, 3.8) is 0 Å². The Bertz CT molecular complexity index is 607. The van der Waals surface area contributed by atoms with Crippen LogP contribution < -0.4 is 5.32 Å². The van der Waals surface area contributed by atoms with Gasteiger partial charge in [0.15, 0.2) is 0 Å². The fraction of sp³-hybridized carbons (Fsp3) is 0.500. The van der Waals surface area contributed by atoms with Crippen LogP contribution in [0.4, 0.5) is 0 Å². The zero-order valence-electron chi connectivity index (χ0n) is 14.8. The first-order valence-electron chi connectivity index (χ1n) is 8.53. The van der Waals surface area contributed by atoms with Gasteiger partial charge in [0, 0.05) is 31.2 Å². The van der Waals surface area contributed by atoms with E-state index >= 15 is 0 Å². The molecule has 6 nitrogen and oxygen atoms in total. The number of nitrogens with one attached hydrogen (secondary N) is 1. The molecule has 1 aromatic heterocycles. The highest BCUT2D eigenvalue weighted by molar-refractivity contribution is 5.94. The lowest BCUT2D eigenvalue weighted by atomic mass is 10.1. The van der Waals surface area contributed by atoms with Crippen molar-refractivity contribution in [3.8, 4) is 0 Å². The van der Waals surface area contributed by atoms with Crippen LogP contribution in [0.5, 0.6) is 0 Å². The van der Waals surface area contributed by atoms with E-state index < -0.39 is 0 Å². The second-order valence-corrected chi connectivity index (χ2v) is 6.12. The Labute approximate surface area is 143 Å². The number of benzene rings is 1. The standard InChI is InChI=1S/C18H27N5O/c1-4-22(15(2)3)12-16-6-8-17(9-7-16)18(24)20-10-5-11-23-14-19-13-21-23/h6-9,13-15H,4-5,10-12H2,1-3H3,(H,20,24). The summed E-state index contributed by atoms with van der Waals surface area (Å²) in [5.41, 5.74) is 1.93. The number of aryl methyl sites for hydroxylation is 1. The minimum atomic E-state index is -0.0312. The molecule has 0 aliphatic carbocycles. The molecule has 130 valence electrons. The average molecular weight is 329 g/mol. The van der Waals surface area contributed by atoms with Gasteiger partial charge >= 0.3 is 0 Å². The van der Waals surface area contributed by atoms with Gasteiger partial charge in [0.05, 0.1) is 0 Å². The Morgan fingerprint density at radius 2 is 2.04 bits per heavy atom. The van der Waals surface area contributed by atoms with E-state index in [1.54, 1.807) is 11.0 Å². The van der Waals surface area contributed by atoms with E-state index in [4.69, 9.17) is 0 Å². The van der Waals surface area contributed by atoms with Crippen LogP contribution in [0, 0.1) is 0 Å². The van der Waals surface area contributed by atoms with E-state index in [1.807, 2.05) is 24.3 Å². The van der Waals surface area contributed by atoms with Gasteiger partial charge in [-0.05, 0) is 44.5 Å². The molecule has 24 heavy (non-hydrogen) atoms. The summed E-state index contributed by atoms with van der Waals surface area (Å²) in [6, 6.07) is 8.39. The Morgan fingerprint density at radius 3 is 2.62 bits per heavy atom. The lowest BCUT2D eigenvalue weighted by Gasteiger charge is -2.24. The molecule has 1 N–H and O–H groups in total. The number of hydrogen-bond donors (Lipinski definition) is 1. The third kappa shape index (κ3) is 5.45. The smallest absolute Gasteiger partial charge is 0.251 e. The van der Waals surface area contributed by atoms with E-state index in [-0.39, 0.29) is 5.91 Å². The summed E-state index contributed by atoms with van der Waals surface area (Å²) in [5.74, 6) is -0.0312. The lowest BCUT2D eigenvalue weighted by molar-refractivity contribution is 0.0952. The van der Waals surface area contributed by atoms with E-state index in [0.29, 0.717) is 18.2 Å². The molecule has 0 saturated heterocycles. The van der Waals surface area contributed by atoms with Crippen LogP contribution in [0.3, 0.4) is 0 Å². The minimum absolute atomic E-state index is 0.0312. The summed E-state index contributed by atoms with van der Waals surface area (Å²) in [6.07, 6.45) is 4.02. The molecule has 0 fully saturated rings. The molecule has 1 heterocycles. The van der Waals surface area contributed by atoms with Gasteiger partial charge in [0.25, 0.3) is 5.91 Å². The van der Waals surface area contributed by atoms with Crippen LogP contribution in [0.15, 0.2) is 36.9 Å². The summed E-state index contributed by atoms with van der Waals surface area (Å²) in [7, 11) is 0. The van der Waals surface area contributed by atoms with Crippen molar-refractivity contribution in [2.24, 2.45) is 0 Å². The number of amides is 1. The van der Waals surface area contributed by atoms with Gasteiger partial charge in [0.1, 0.15) is 12.7 Å². The molecular formula is C18H27N5O. The predicted molar refractivity (Wildman–Crippen MR) is 94.6 cm³/mol. The second kappa shape index (κ2) is 9.17. The van der Waals surface area contributed by atoms with Gasteiger partial charge < -0.3 is 5.32 Å². The van der Waals surface area contributed by atoms with E-state index in [1.165, 1.54) is 11.9 Å². The van der Waals surface area contributed by atoms with Crippen molar-refractivity contribution in [1.29, 1.82) is 0 Å². The number of hydrogen-bond acceptors (Lipinski definition) is 4. The number of carbonyl (C=O) groups excluding carboxylic acids is 1. The quantitative estimate of drug-likeness (QED) is 0.717. The predicted octanol–water partition coefficient (Wildman–Crippen LogP) is 2.33. The van der Waals surface area contributed by atoms with Crippen molar-refractivity contribution >= 4 is 5.91 Å². The SMILES string of the molecule is CCN(Cc1ccc(C(=O)NCCCn2cncn2)cc1)C(C)C. The summed E-state index contributed by atoms with van der Waals surface area (Å²) >= 11 is 0. The monoisotopic (exact) mass is 329 g/mol. The molecule has 0 aliphatic rings. The first kappa shape index (κ1) is 18.1. The largest absolute Gasteiger partial charge is 0.352 e. The summed E-state index contributed by atoms with van der Waals surface area (Å²) in [4.78, 5) is 18.4. The van der Waals surface area contributed by atoms with Crippen LogP contribution in [-0.4, -0.2) is 44.7 Å². The third-order valence-electron chi connectivity index (χ3n) is 4.05. The zero-order valence-corrected chi connectivity index (χ0v) is 14.8. The van der Waals surface area contributed by atoms with E-state index in [9.17, 15) is 4.79 Å². The van der Waals surface area contributed by atoms with Crippen molar-refractivity contribution in [2.45, 2.75) is 46.3 Å². The van der Waals surface area contributed by atoms with Gasteiger partial charge in [-0.15, -0.1) is 0 Å². The lowest BCUT2D eigenvalue weighted by Crippen LogP contribution is -2.30. The summed E-state index contributed by atoms with van der Waals surface area (Å²) in [6.45, 7) is 9.87. The van der Waals surface area contributed by atoms with Crippen LogP contribution >= 0.6 is 0 Å². The van der Waals surface area contributed by atoms with E-state index in [2.05, 4.69) is 41.1 Å². The molecule has 0 bridgehead atoms. The second-order valence-electron chi connectivity index (χ2n) is 6.12. The molecule has 0 radical (unpaired) electrons. The average Bonchev–Trinajstić information content (AvgIpc) is 3.10. The fourth-order valence-electron chi connectivity index (χ4n) is 2.55. The van der Waals surface area contributed by atoms with Gasteiger partial charge in [0.2, 0.25) is 0 Å². The van der Waals surface area contributed by atoms with Crippen LogP contribution in [0.25, 0.3) is 0 Å². The Morgan fingerprint density at radius 1 is 1.29 bits per heavy atom. The maximum atomic E-state index is 12.1. The molecule has 0 aliphatic heterocycles. The Balaban J connectivity index is 1.78. The van der Waals surface area contributed by atoms with Gasteiger partial charge in [-0.25, -0.2) is 4.98 Å². The first-order chi connectivity index (χ1) is 11.6. The molecule has 0 saturated carbocycles. The maximum absolute atomic E-state index is 12.1. The van der Waals surface area contributed by atoms with Gasteiger partial charge in [-0.3, -0.25) is 14.4 Å². The number of rotatable bonds is 9. The molecule has 0 atom stereocenters. The highest BCUT2D eigenvalue weighted by Crippen LogP contribution is 2.10. The highest BCUT2D eigenvalue weighted by Gasteiger charge is 2.09. The van der Waals surface area contributed by atoms with Gasteiger partial charge in [-0.2, -0.15) is 5.10 Å². The zero-order chi connectivity index (χ0) is 17.4. The Hall–Kier alpha value is -2.21. The molecule has 1 aromatic carbocycles. The number of nitrogens with zero attached hydrogens (tertiary/aromatic N) is 4. The van der Waals surface area contributed by atoms with Gasteiger partial charge in [-0.1, -0.05) is 19.1 Å². The third-order valence-corrected chi connectivity index (χ3v) is 4.05. The summed E-state index contributed by atoms with van der Waals surface area (Å²) in [5, 5.41) is 6.97. The van der Waals surface area contributed by atoms with Crippen molar-refractivity contribution in [3.05, 3.63) is 48.0 Å². The van der Waals surface area contributed by atoms with Crippen molar-refractivity contribution in [2.75, 3.05) is 13.1 Å². The summed E-state index contributed by atoms with van der Waals surface area (Å²) < 4.78 is 1.76. The van der Waals surface area contributed by atoms with Crippen molar-refractivity contribution < 1.29 is 4.79 Å². The molecule has 0 unspecified atom stereocenters. The Kier molecular flexibility index (Phi) is 6.93. The topological polar surface area (TPSA) is 63.1 Å². The van der Waals surface area contributed by atoms with Crippen LogP contribution in [-0.2, 0) is 13.1 Å². The molecule has 6 heteroatoms. The normalized spacial score (nSPS) is 11.2. The van der Waals surface area contributed by atoms with Crippen LogP contribution in [0.2, 0.25) is 0 Å².